The van der Waals surface area contributed by atoms with E-state index in [2.05, 4.69) is 20.1 Å². The molecule has 2 aromatic carbocycles. The predicted molar refractivity (Wildman–Crippen MR) is 116 cm³/mol. The van der Waals surface area contributed by atoms with Crippen molar-refractivity contribution < 1.29 is 39.9 Å². The first-order valence-electron chi connectivity index (χ1n) is 9.40. The van der Waals surface area contributed by atoms with Crippen molar-refractivity contribution in [1.82, 2.24) is 4.90 Å². The van der Waals surface area contributed by atoms with E-state index in [1.165, 1.54) is 11.9 Å². The van der Waals surface area contributed by atoms with E-state index < -0.39 is 86.0 Å². The molecule has 37 heavy (non-hydrogen) atoms. The number of rotatable bonds is 4. The first kappa shape index (κ1) is 29.1. The Balaban J connectivity index is 0.00000481. The highest BCUT2D eigenvalue weighted by molar-refractivity contribution is 6.14. The van der Waals surface area contributed by atoms with E-state index in [1.54, 1.807) is 0 Å². The Morgan fingerprint density at radius 2 is 0.973 bits per heavy atom. The molecule has 0 aromatic heterocycles. The second-order valence-corrected chi connectivity index (χ2v) is 7.26. The maximum atomic E-state index is 14.4. The lowest BCUT2D eigenvalue weighted by atomic mass is 9.94. The number of halogens is 9. The monoisotopic (exact) mass is 551 g/mol. The highest BCUT2D eigenvalue weighted by Gasteiger charge is 2.30. The summed E-state index contributed by atoms with van der Waals surface area (Å²) in [5, 5.41) is 5.07. The lowest BCUT2D eigenvalue weighted by Crippen LogP contribution is -2.34. The second kappa shape index (κ2) is 11.3. The molecule has 17 heteroatoms. The summed E-state index contributed by atoms with van der Waals surface area (Å²) in [7, 11) is 1.34. The molecule has 0 saturated carbocycles. The summed E-state index contributed by atoms with van der Waals surface area (Å²) in [5.74, 6) is -17.3. The molecular formula is C20H10ClF8N7O. The van der Waals surface area contributed by atoms with Gasteiger partial charge in [0, 0.05) is 34.1 Å². The van der Waals surface area contributed by atoms with Crippen LogP contribution in [0.2, 0.25) is 0 Å². The molecular weight excluding hydrogens is 542 g/mol. The number of Topliss-reactive ketones (excluding diaryl/α,β-unsaturated/α-hetero) is 1. The SMILES string of the molecule is CN1CC(=Cc2c(F)c(F)c(N=[N+]=[N-])c(F)c2F)C(=O)C(=Cc2c(F)c(F)c(N=[N+]=[N-])c(F)c2F)C1.Cl. The van der Waals surface area contributed by atoms with Gasteiger partial charge in [-0.2, -0.15) is 0 Å². The average Bonchev–Trinajstić information content (AvgIpc) is 2.84. The van der Waals surface area contributed by atoms with Gasteiger partial charge < -0.3 is 0 Å². The quantitative estimate of drug-likeness (QED) is 0.101. The third-order valence-electron chi connectivity index (χ3n) is 4.94. The number of nitrogens with zero attached hydrogens (tertiary/aromatic N) is 7. The first-order chi connectivity index (χ1) is 16.9. The smallest absolute Gasteiger partial charge is 0.187 e. The maximum absolute atomic E-state index is 14.4. The molecule has 1 fully saturated rings. The zero-order valence-corrected chi connectivity index (χ0v) is 18.9. The summed E-state index contributed by atoms with van der Waals surface area (Å²) in [6.45, 7) is -0.722. The molecule has 0 radical (unpaired) electrons. The molecule has 1 heterocycles. The highest BCUT2D eigenvalue weighted by atomic mass is 35.5. The number of piperidine rings is 1. The van der Waals surface area contributed by atoms with E-state index in [0.29, 0.717) is 12.2 Å². The van der Waals surface area contributed by atoms with Crippen molar-refractivity contribution in [3.63, 3.8) is 0 Å². The molecule has 1 saturated heterocycles. The number of likely N-dealkylation sites (N-methyl/N-ethyl adjacent to an activating group) is 1. The Hall–Kier alpha value is -4.10. The molecule has 194 valence electrons. The van der Waals surface area contributed by atoms with Gasteiger partial charge in [-0.3, -0.25) is 9.69 Å². The summed E-state index contributed by atoms with van der Waals surface area (Å²) in [4.78, 5) is 18.2. The van der Waals surface area contributed by atoms with E-state index >= 15 is 0 Å². The zero-order chi connectivity index (χ0) is 26.9. The fourth-order valence-electron chi connectivity index (χ4n) is 3.35. The van der Waals surface area contributed by atoms with E-state index in [4.69, 9.17) is 11.1 Å². The summed E-state index contributed by atoms with van der Waals surface area (Å²) in [6, 6.07) is 0. The minimum Gasteiger partial charge on any atom is -0.298 e. The molecule has 0 amide bonds. The third-order valence-corrected chi connectivity index (χ3v) is 4.94. The number of carbonyl (C=O) groups is 1. The van der Waals surface area contributed by atoms with Crippen LogP contribution in [0.25, 0.3) is 33.0 Å². The Labute approximate surface area is 207 Å². The normalized spacial score (nSPS) is 15.9. The minimum atomic E-state index is -2.04. The Kier molecular flexibility index (Phi) is 8.90. The molecule has 0 atom stereocenters. The number of hydrogen-bond donors (Lipinski definition) is 0. The number of hydrogen-bond acceptors (Lipinski definition) is 4. The van der Waals surface area contributed by atoms with Crippen molar-refractivity contribution in [3.8, 4) is 0 Å². The predicted octanol–water partition coefficient (Wildman–Crippen LogP) is 7.09. The van der Waals surface area contributed by atoms with Crippen LogP contribution in [0, 0.1) is 46.5 Å². The molecule has 0 N–H and O–H groups in total. The van der Waals surface area contributed by atoms with Crippen molar-refractivity contribution >= 4 is 41.7 Å². The van der Waals surface area contributed by atoms with Crippen LogP contribution in [0.4, 0.5) is 46.5 Å². The number of ketones is 1. The van der Waals surface area contributed by atoms with Gasteiger partial charge in [-0.1, -0.05) is 10.2 Å². The standard InChI is InChI=1S/C20H9F8N7O.ClH/c1-35-4-6(2-8-10(21)14(25)18(31-33-29)15(26)11(8)22)20(36)7(5-35)3-9-12(23)16(27)19(32-34-30)17(28)13(9)24;/h2-3H,4-5H2,1H3;1H. The van der Waals surface area contributed by atoms with Crippen LogP contribution in [0.3, 0.4) is 0 Å². The van der Waals surface area contributed by atoms with E-state index in [1.807, 2.05) is 0 Å². The van der Waals surface area contributed by atoms with Crippen LogP contribution in [0.5, 0.6) is 0 Å². The van der Waals surface area contributed by atoms with Crippen molar-refractivity contribution in [2.24, 2.45) is 10.2 Å². The van der Waals surface area contributed by atoms with Gasteiger partial charge in [0.2, 0.25) is 0 Å². The number of benzene rings is 2. The summed E-state index contributed by atoms with van der Waals surface area (Å²) >= 11 is 0. The van der Waals surface area contributed by atoms with Crippen LogP contribution in [-0.2, 0) is 4.79 Å². The first-order valence-corrected chi connectivity index (χ1v) is 9.40. The van der Waals surface area contributed by atoms with Gasteiger partial charge in [-0.15, -0.1) is 12.4 Å². The van der Waals surface area contributed by atoms with Crippen LogP contribution in [0.1, 0.15) is 11.1 Å². The molecule has 0 spiro atoms. The summed E-state index contributed by atoms with van der Waals surface area (Å²) in [6.07, 6.45) is 0.863. The number of likely N-dealkylation sites (tertiary alicyclic amines) is 1. The van der Waals surface area contributed by atoms with Gasteiger partial charge in [0.25, 0.3) is 0 Å². The van der Waals surface area contributed by atoms with E-state index in [-0.39, 0.29) is 25.5 Å². The molecule has 1 aliphatic heterocycles. The number of carbonyl (C=O) groups excluding carboxylic acids is 1. The molecule has 0 bridgehead atoms. The van der Waals surface area contributed by atoms with Crippen molar-refractivity contribution in [1.29, 1.82) is 0 Å². The minimum absolute atomic E-state index is 0. The molecule has 3 rings (SSSR count). The average molecular weight is 552 g/mol. The van der Waals surface area contributed by atoms with Gasteiger partial charge in [-0.05, 0) is 30.3 Å². The summed E-state index contributed by atoms with van der Waals surface area (Å²) < 4.78 is 114. The second-order valence-electron chi connectivity index (χ2n) is 7.26. The van der Waals surface area contributed by atoms with Crippen LogP contribution >= 0.6 is 12.4 Å². The lowest BCUT2D eigenvalue weighted by molar-refractivity contribution is -0.113. The highest BCUT2D eigenvalue weighted by Crippen LogP contribution is 2.34. The number of azide groups is 2. The molecule has 2 aromatic rings. The topological polar surface area (TPSA) is 118 Å². The van der Waals surface area contributed by atoms with Crippen molar-refractivity contribution in [3.05, 3.63) is 89.7 Å². The van der Waals surface area contributed by atoms with Gasteiger partial charge in [-0.25, -0.2) is 35.1 Å². The zero-order valence-electron chi connectivity index (χ0n) is 18.0. The van der Waals surface area contributed by atoms with Crippen molar-refractivity contribution in [2.45, 2.75) is 0 Å². The van der Waals surface area contributed by atoms with Crippen LogP contribution < -0.4 is 0 Å². The van der Waals surface area contributed by atoms with Crippen molar-refractivity contribution in [2.75, 3.05) is 20.1 Å². The largest absolute Gasteiger partial charge is 0.298 e. The fourth-order valence-corrected chi connectivity index (χ4v) is 3.35. The summed E-state index contributed by atoms with van der Waals surface area (Å²) in [5.41, 5.74) is 9.69. The third kappa shape index (κ3) is 5.22. The fraction of sp³-hybridized carbons (Fsp3) is 0.150. The van der Waals surface area contributed by atoms with Crippen LogP contribution in [0.15, 0.2) is 21.4 Å². The van der Waals surface area contributed by atoms with Crippen LogP contribution in [-0.4, -0.2) is 30.8 Å². The van der Waals surface area contributed by atoms with E-state index in [9.17, 15) is 39.9 Å². The molecule has 1 aliphatic rings. The molecule has 8 nitrogen and oxygen atoms in total. The van der Waals surface area contributed by atoms with Gasteiger partial charge in [0.1, 0.15) is 11.4 Å². The maximum Gasteiger partial charge on any atom is 0.187 e. The van der Waals surface area contributed by atoms with Gasteiger partial charge in [0.15, 0.2) is 52.3 Å². The molecule has 0 unspecified atom stereocenters. The Morgan fingerprint density at radius 3 is 1.24 bits per heavy atom. The van der Waals surface area contributed by atoms with Gasteiger partial charge in [0.05, 0.1) is 11.1 Å². The Morgan fingerprint density at radius 1 is 0.676 bits per heavy atom. The van der Waals surface area contributed by atoms with E-state index in [0.717, 1.165) is 0 Å². The lowest BCUT2D eigenvalue weighted by Gasteiger charge is -2.26. The van der Waals surface area contributed by atoms with Gasteiger partial charge >= 0.3 is 0 Å². The Bertz CT molecular complexity index is 1310. The molecule has 0 aliphatic carbocycles.